The first-order valence-corrected chi connectivity index (χ1v) is 7.84. The second-order valence-electron chi connectivity index (χ2n) is 5.67. The third kappa shape index (κ3) is 3.63. The second-order valence-corrected chi connectivity index (χ2v) is 5.67. The van der Waals surface area contributed by atoms with Gasteiger partial charge in [0.15, 0.2) is 0 Å². The van der Waals surface area contributed by atoms with E-state index in [1.165, 1.54) is 0 Å². The summed E-state index contributed by atoms with van der Waals surface area (Å²) in [5.41, 5.74) is 3.55. The first-order chi connectivity index (χ1) is 11.6. The molecule has 0 aliphatic carbocycles. The number of carbonyl (C=O) groups is 1. The van der Waals surface area contributed by atoms with Crippen molar-refractivity contribution in [2.45, 2.75) is 13.8 Å². The Labute approximate surface area is 141 Å². The van der Waals surface area contributed by atoms with Crippen LogP contribution in [0, 0.1) is 13.8 Å². The fraction of sp³-hybridized carbons (Fsp3) is 0.0952. The summed E-state index contributed by atoms with van der Waals surface area (Å²) in [6.07, 6.45) is 0. The zero-order valence-corrected chi connectivity index (χ0v) is 13.7. The van der Waals surface area contributed by atoms with E-state index in [4.69, 9.17) is 4.74 Å². The van der Waals surface area contributed by atoms with Crippen LogP contribution in [0.3, 0.4) is 0 Å². The molecule has 0 aromatic heterocycles. The highest BCUT2D eigenvalue weighted by atomic mass is 16.5. The third-order valence-electron chi connectivity index (χ3n) is 3.78. The maximum atomic E-state index is 12.1. The number of para-hydroxylation sites is 1. The summed E-state index contributed by atoms with van der Waals surface area (Å²) in [6, 6.07) is 22.6. The Morgan fingerprint density at radius 1 is 0.792 bits per heavy atom. The third-order valence-corrected chi connectivity index (χ3v) is 3.78. The van der Waals surface area contributed by atoms with Gasteiger partial charge in [-0.1, -0.05) is 36.4 Å². The van der Waals surface area contributed by atoms with Gasteiger partial charge in [-0.05, 0) is 61.4 Å². The minimum absolute atomic E-state index is 0.126. The molecule has 0 heterocycles. The van der Waals surface area contributed by atoms with Gasteiger partial charge in [0.25, 0.3) is 5.91 Å². The van der Waals surface area contributed by atoms with Crippen molar-refractivity contribution in [2.75, 3.05) is 5.32 Å². The standard InChI is InChI=1S/C21H19NO2/c1-15-7-6-8-16(2)20(15)24-19-13-11-18(12-14-19)22-21(23)17-9-4-3-5-10-17/h3-14H,1-2H3,(H,22,23). The number of anilines is 1. The predicted molar refractivity (Wildman–Crippen MR) is 96.8 cm³/mol. The molecule has 0 unspecified atom stereocenters. The minimum atomic E-state index is -0.126. The molecule has 3 rings (SSSR count). The topological polar surface area (TPSA) is 38.3 Å². The normalized spacial score (nSPS) is 10.2. The molecule has 24 heavy (non-hydrogen) atoms. The molecule has 0 saturated carbocycles. The van der Waals surface area contributed by atoms with Gasteiger partial charge in [0.05, 0.1) is 0 Å². The maximum absolute atomic E-state index is 12.1. The molecule has 0 atom stereocenters. The Balaban J connectivity index is 1.71. The highest BCUT2D eigenvalue weighted by Crippen LogP contribution is 2.29. The van der Waals surface area contributed by atoms with Gasteiger partial charge in [-0.15, -0.1) is 0 Å². The lowest BCUT2D eigenvalue weighted by Crippen LogP contribution is -2.11. The summed E-state index contributed by atoms with van der Waals surface area (Å²) in [5.74, 6) is 1.49. The van der Waals surface area contributed by atoms with Gasteiger partial charge in [-0.2, -0.15) is 0 Å². The summed E-state index contributed by atoms with van der Waals surface area (Å²) < 4.78 is 5.97. The second kappa shape index (κ2) is 7.01. The van der Waals surface area contributed by atoms with Gasteiger partial charge >= 0.3 is 0 Å². The Morgan fingerprint density at radius 3 is 2.04 bits per heavy atom. The molecule has 1 amide bonds. The first-order valence-electron chi connectivity index (χ1n) is 7.84. The van der Waals surface area contributed by atoms with Crippen LogP contribution in [0.5, 0.6) is 11.5 Å². The number of benzene rings is 3. The zero-order valence-electron chi connectivity index (χ0n) is 13.7. The quantitative estimate of drug-likeness (QED) is 0.704. The molecule has 0 saturated heterocycles. The Bertz CT molecular complexity index is 819. The van der Waals surface area contributed by atoms with Crippen molar-refractivity contribution < 1.29 is 9.53 Å². The van der Waals surface area contributed by atoms with Crippen LogP contribution in [0.25, 0.3) is 0 Å². The lowest BCUT2D eigenvalue weighted by Gasteiger charge is -2.12. The molecule has 0 aliphatic rings. The van der Waals surface area contributed by atoms with Crippen LogP contribution >= 0.6 is 0 Å². The number of amides is 1. The fourth-order valence-electron chi connectivity index (χ4n) is 2.48. The smallest absolute Gasteiger partial charge is 0.255 e. The number of nitrogens with one attached hydrogen (secondary N) is 1. The van der Waals surface area contributed by atoms with E-state index in [1.807, 2.05) is 74.5 Å². The fourth-order valence-corrected chi connectivity index (χ4v) is 2.48. The Kier molecular flexibility index (Phi) is 4.62. The monoisotopic (exact) mass is 317 g/mol. The van der Waals surface area contributed by atoms with Crippen molar-refractivity contribution in [3.05, 3.63) is 89.5 Å². The van der Waals surface area contributed by atoms with Gasteiger partial charge in [0.2, 0.25) is 0 Å². The molecule has 0 spiro atoms. The first kappa shape index (κ1) is 15.8. The van der Waals surface area contributed by atoms with E-state index >= 15 is 0 Å². The van der Waals surface area contributed by atoms with Gasteiger partial charge in [-0.25, -0.2) is 0 Å². The maximum Gasteiger partial charge on any atom is 0.255 e. The highest BCUT2D eigenvalue weighted by molar-refractivity contribution is 6.04. The van der Waals surface area contributed by atoms with Crippen LogP contribution in [0.4, 0.5) is 5.69 Å². The van der Waals surface area contributed by atoms with Crippen molar-refractivity contribution in [3.63, 3.8) is 0 Å². The van der Waals surface area contributed by atoms with Crippen molar-refractivity contribution in [3.8, 4) is 11.5 Å². The zero-order chi connectivity index (χ0) is 16.9. The van der Waals surface area contributed by atoms with Crippen LogP contribution in [-0.2, 0) is 0 Å². The van der Waals surface area contributed by atoms with Crippen LogP contribution in [0.15, 0.2) is 72.8 Å². The van der Waals surface area contributed by atoms with Crippen LogP contribution in [0.2, 0.25) is 0 Å². The molecule has 0 aliphatic heterocycles. The number of hydrogen-bond acceptors (Lipinski definition) is 2. The SMILES string of the molecule is Cc1cccc(C)c1Oc1ccc(NC(=O)c2ccccc2)cc1. The number of aryl methyl sites for hydroxylation is 2. The van der Waals surface area contributed by atoms with Crippen molar-refractivity contribution in [1.82, 2.24) is 0 Å². The summed E-state index contributed by atoms with van der Waals surface area (Å²) in [4.78, 5) is 12.1. The molecular weight excluding hydrogens is 298 g/mol. The van der Waals surface area contributed by atoms with Crippen LogP contribution < -0.4 is 10.1 Å². The summed E-state index contributed by atoms with van der Waals surface area (Å²) in [7, 11) is 0. The molecule has 0 bridgehead atoms. The number of ether oxygens (including phenoxy) is 1. The summed E-state index contributed by atoms with van der Waals surface area (Å²) >= 11 is 0. The average Bonchev–Trinajstić information content (AvgIpc) is 2.60. The van der Waals surface area contributed by atoms with Gasteiger partial charge in [0, 0.05) is 11.3 Å². The van der Waals surface area contributed by atoms with Gasteiger partial charge in [0.1, 0.15) is 11.5 Å². The number of carbonyl (C=O) groups excluding carboxylic acids is 1. The Morgan fingerprint density at radius 2 is 1.42 bits per heavy atom. The van der Waals surface area contributed by atoms with Gasteiger partial charge < -0.3 is 10.1 Å². The van der Waals surface area contributed by atoms with E-state index < -0.39 is 0 Å². The van der Waals surface area contributed by atoms with Crippen molar-refractivity contribution in [1.29, 1.82) is 0 Å². The van der Waals surface area contributed by atoms with E-state index in [-0.39, 0.29) is 5.91 Å². The molecule has 120 valence electrons. The van der Waals surface area contributed by atoms with E-state index in [0.29, 0.717) is 5.56 Å². The van der Waals surface area contributed by atoms with Crippen LogP contribution in [0.1, 0.15) is 21.5 Å². The van der Waals surface area contributed by atoms with Crippen molar-refractivity contribution in [2.24, 2.45) is 0 Å². The largest absolute Gasteiger partial charge is 0.457 e. The number of rotatable bonds is 4. The molecule has 1 N–H and O–H groups in total. The van der Waals surface area contributed by atoms with Crippen LogP contribution in [-0.4, -0.2) is 5.91 Å². The van der Waals surface area contributed by atoms with Gasteiger partial charge in [-0.3, -0.25) is 4.79 Å². The molecular formula is C21H19NO2. The van der Waals surface area contributed by atoms with E-state index in [2.05, 4.69) is 5.32 Å². The lowest BCUT2D eigenvalue weighted by molar-refractivity contribution is 0.102. The minimum Gasteiger partial charge on any atom is -0.457 e. The Hall–Kier alpha value is -3.07. The molecule has 0 radical (unpaired) electrons. The summed E-state index contributed by atoms with van der Waals surface area (Å²) in [5, 5.41) is 2.88. The lowest BCUT2D eigenvalue weighted by atomic mass is 10.1. The molecule has 3 nitrogen and oxygen atoms in total. The molecule has 3 aromatic rings. The molecule has 0 fully saturated rings. The predicted octanol–water partition coefficient (Wildman–Crippen LogP) is 5.35. The van der Waals surface area contributed by atoms with E-state index in [9.17, 15) is 4.79 Å². The summed E-state index contributed by atoms with van der Waals surface area (Å²) in [6.45, 7) is 4.05. The van der Waals surface area contributed by atoms with E-state index in [1.54, 1.807) is 12.1 Å². The average molecular weight is 317 g/mol. The number of hydrogen-bond donors (Lipinski definition) is 1. The molecule has 3 aromatic carbocycles. The highest BCUT2D eigenvalue weighted by Gasteiger charge is 2.07. The van der Waals surface area contributed by atoms with Crippen molar-refractivity contribution >= 4 is 11.6 Å². The van der Waals surface area contributed by atoms with E-state index in [0.717, 1.165) is 28.3 Å². The molecule has 3 heteroatoms.